The van der Waals surface area contributed by atoms with Crippen molar-refractivity contribution in [2.75, 3.05) is 4.90 Å². The van der Waals surface area contributed by atoms with Crippen molar-refractivity contribution in [3.8, 4) is 11.1 Å². The molecular formula is C36H22ClNOS. The summed E-state index contributed by atoms with van der Waals surface area (Å²) in [5, 5.41) is 5.43. The Labute approximate surface area is 240 Å². The third kappa shape index (κ3) is 3.78. The zero-order valence-corrected chi connectivity index (χ0v) is 22.9. The predicted octanol–water partition coefficient (Wildman–Crippen LogP) is 11.7. The maximum absolute atomic E-state index is 6.33. The zero-order chi connectivity index (χ0) is 26.6. The number of hydrogen-bond acceptors (Lipinski definition) is 3. The lowest BCUT2D eigenvalue weighted by Crippen LogP contribution is -2.11. The summed E-state index contributed by atoms with van der Waals surface area (Å²) in [5.41, 5.74) is 7.41. The minimum Gasteiger partial charge on any atom is -0.456 e. The molecule has 2 nitrogen and oxygen atoms in total. The number of para-hydroxylation sites is 2. The van der Waals surface area contributed by atoms with Crippen LogP contribution in [0.2, 0.25) is 5.02 Å². The Bertz CT molecular complexity index is 2190. The van der Waals surface area contributed by atoms with E-state index in [1.165, 1.54) is 31.3 Å². The molecule has 0 aliphatic carbocycles. The molecule has 0 unspecified atom stereocenters. The van der Waals surface area contributed by atoms with E-state index in [0.717, 1.165) is 44.0 Å². The molecule has 0 bridgehead atoms. The van der Waals surface area contributed by atoms with E-state index in [1.807, 2.05) is 18.2 Å². The van der Waals surface area contributed by atoms with Gasteiger partial charge in [0.1, 0.15) is 11.2 Å². The zero-order valence-electron chi connectivity index (χ0n) is 21.3. The summed E-state index contributed by atoms with van der Waals surface area (Å²) in [7, 11) is 0. The van der Waals surface area contributed by atoms with Crippen molar-refractivity contribution < 1.29 is 4.42 Å². The molecule has 2 aromatic heterocycles. The second kappa shape index (κ2) is 9.27. The SMILES string of the molecule is Clc1ccc2c(c1)sc1ccc(N(c3ccc4oc5ccccc5c4c3)c3ccccc3-c3ccccc3)cc12. The second-order valence-electron chi connectivity index (χ2n) is 9.92. The number of fused-ring (bicyclic) bond motifs is 6. The molecule has 0 radical (unpaired) electrons. The molecule has 0 aliphatic rings. The highest BCUT2D eigenvalue weighted by Gasteiger charge is 2.20. The van der Waals surface area contributed by atoms with Crippen molar-refractivity contribution >= 4 is 82.1 Å². The summed E-state index contributed by atoms with van der Waals surface area (Å²) in [6, 6.07) is 46.8. The van der Waals surface area contributed by atoms with E-state index in [4.69, 9.17) is 16.0 Å². The number of anilines is 3. The van der Waals surface area contributed by atoms with Crippen LogP contribution in [0.5, 0.6) is 0 Å². The molecule has 6 aromatic carbocycles. The number of halogens is 1. The van der Waals surface area contributed by atoms with Crippen molar-refractivity contribution in [2.45, 2.75) is 0 Å². The van der Waals surface area contributed by atoms with Crippen molar-refractivity contribution in [1.82, 2.24) is 0 Å². The number of furan rings is 1. The first-order chi connectivity index (χ1) is 19.7. The first-order valence-corrected chi connectivity index (χ1v) is 14.4. The van der Waals surface area contributed by atoms with Crippen LogP contribution < -0.4 is 4.90 Å². The molecule has 0 atom stereocenters. The molecule has 0 fully saturated rings. The number of rotatable bonds is 4. The van der Waals surface area contributed by atoms with Crippen LogP contribution in [0.25, 0.3) is 53.2 Å². The fourth-order valence-electron chi connectivity index (χ4n) is 5.69. The first-order valence-electron chi connectivity index (χ1n) is 13.2. The largest absolute Gasteiger partial charge is 0.456 e. The summed E-state index contributed by atoms with van der Waals surface area (Å²) in [6.45, 7) is 0. The number of thiophene rings is 1. The minimum absolute atomic E-state index is 0.762. The average molecular weight is 552 g/mol. The van der Waals surface area contributed by atoms with E-state index in [0.29, 0.717) is 0 Å². The molecule has 4 heteroatoms. The summed E-state index contributed by atoms with van der Waals surface area (Å²) >= 11 is 8.11. The van der Waals surface area contributed by atoms with Crippen LogP contribution in [-0.4, -0.2) is 0 Å². The van der Waals surface area contributed by atoms with Gasteiger partial charge in [0.2, 0.25) is 0 Å². The van der Waals surface area contributed by atoms with E-state index < -0.39 is 0 Å². The van der Waals surface area contributed by atoms with Crippen molar-refractivity contribution in [3.05, 3.63) is 138 Å². The van der Waals surface area contributed by atoms with E-state index >= 15 is 0 Å². The van der Waals surface area contributed by atoms with Gasteiger partial charge in [0.25, 0.3) is 0 Å². The highest BCUT2D eigenvalue weighted by atomic mass is 35.5. The van der Waals surface area contributed by atoms with Crippen LogP contribution in [0.4, 0.5) is 17.1 Å². The molecule has 0 N–H and O–H groups in total. The predicted molar refractivity (Wildman–Crippen MR) is 172 cm³/mol. The van der Waals surface area contributed by atoms with Crippen molar-refractivity contribution in [1.29, 1.82) is 0 Å². The lowest BCUT2D eigenvalue weighted by molar-refractivity contribution is 0.669. The van der Waals surface area contributed by atoms with Gasteiger partial charge in [-0.25, -0.2) is 0 Å². The van der Waals surface area contributed by atoms with Gasteiger partial charge in [0.05, 0.1) is 5.69 Å². The summed E-state index contributed by atoms with van der Waals surface area (Å²) < 4.78 is 8.61. The van der Waals surface area contributed by atoms with Gasteiger partial charge in [-0.3, -0.25) is 0 Å². The fraction of sp³-hybridized carbons (Fsp3) is 0. The molecule has 8 aromatic rings. The third-order valence-corrected chi connectivity index (χ3v) is 8.89. The molecule has 0 saturated heterocycles. The van der Waals surface area contributed by atoms with Crippen LogP contribution >= 0.6 is 22.9 Å². The average Bonchev–Trinajstić information content (AvgIpc) is 3.55. The van der Waals surface area contributed by atoms with Crippen LogP contribution in [0.15, 0.2) is 138 Å². The molecule has 0 aliphatic heterocycles. The van der Waals surface area contributed by atoms with Gasteiger partial charge in [-0.15, -0.1) is 11.3 Å². The Morgan fingerprint density at radius 3 is 2.15 bits per heavy atom. The summed E-state index contributed by atoms with van der Waals surface area (Å²) in [4.78, 5) is 2.36. The molecule has 0 spiro atoms. The standard InChI is InChI=1S/C36H22ClNOS/c37-24-14-17-29-31-22-26(16-19-35(31)40-36(29)20-24)38(32-12-6-4-10-27(32)23-8-2-1-3-9-23)25-15-18-34-30(21-25)28-11-5-7-13-33(28)39-34/h1-22H. The Balaban J connectivity index is 1.41. The van der Waals surface area contributed by atoms with Crippen LogP contribution in [0.3, 0.4) is 0 Å². The number of nitrogens with zero attached hydrogens (tertiary/aromatic N) is 1. The number of benzene rings is 6. The van der Waals surface area contributed by atoms with Gasteiger partial charge in [-0.1, -0.05) is 84.4 Å². The molecule has 190 valence electrons. The van der Waals surface area contributed by atoms with Gasteiger partial charge < -0.3 is 9.32 Å². The quantitative estimate of drug-likeness (QED) is 0.216. The smallest absolute Gasteiger partial charge is 0.135 e. The molecule has 0 saturated carbocycles. The maximum Gasteiger partial charge on any atom is 0.135 e. The van der Waals surface area contributed by atoms with Crippen molar-refractivity contribution in [2.24, 2.45) is 0 Å². The monoisotopic (exact) mass is 551 g/mol. The van der Waals surface area contributed by atoms with Crippen LogP contribution in [-0.2, 0) is 0 Å². The Kier molecular flexibility index (Phi) is 5.41. The van der Waals surface area contributed by atoms with Gasteiger partial charge in [0.15, 0.2) is 0 Å². The topological polar surface area (TPSA) is 16.4 Å². The summed E-state index contributed by atoms with van der Waals surface area (Å²) in [6.07, 6.45) is 0. The van der Waals surface area contributed by atoms with Gasteiger partial charge in [0, 0.05) is 52.9 Å². The minimum atomic E-state index is 0.762. The van der Waals surface area contributed by atoms with Gasteiger partial charge in [-0.2, -0.15) is 0 Å². The molecule has 40 heavy (non-hydrogen) atoms. The molecule has 2 heterocycles. The van der Waals surface area contributed by atoms with Gasteiger partial charge in [-0.05, 0) is 66.2 Å². The van der Waals surface area contributed by atoms with Crippen molar-refractivity contribution in [3.63, 3.8) is 0 Å². The van der Waals surface area contributed by atoms with Crippen LogP contribution in [0, 0.1) is 0 Å². The van der Waals surface area contributed by atoms with E-state index in [-0.39, 0.29) is 0 Å². The van der Waals surface area contributed by atoms with Gasteiger partial charge >= 0.3 is 0 Å². The Morgan fingerprint density at radius 2 is 1.25 bits per heavy atom. The first kappa shape index (κ1) is 23.3. The summed E-state index contributed by atoms with van der Waals surface area (Å²) in [5.74, 6) is 0. The second-order valence-corrected chi connectivity index (χ2v) is 11.4. The van der Waals surface area contributed by atoms with E-state index in [9.17, 15) is 0 Å². The fourth-order valence-corrected chi connectivity index (χ4v) is 7.05. The normalized spacial score (nSPS) is 11.6. The Morgan fingerprint density at radius 1 is 0.525 bits per heavy atom. The lowest BCUT2D eigenvalue weighted by atomic mass is 10.0. The third-order valence-electron chi connectivity index (χ3n) is 7.52. The molecule has 0 amide bonds. The van der Waals surface area contributed by atoms with E-state index in [2.05, 4.69) is 120 Å². The number of hydrogen-bond donors (Lipinski definition) is 0. The highest BCUT2D eigenvalue weighted by Crippen LogP contribution is 2.45. The highest BCUT2D eigenvalue weighted by molar-refractivity contribution is 7.25. The maximum atomic E-state index is 6.33. The molecule has 8 rings (SSSR count). The molecular weight excluding hydrogens is 530 g/mol. The van der Waals surface area contributed by atoms with Crippen LogP contribution in [0.1, 0.15) is 0 Å². The van der Waals surface area contributed by atoms with E-state index in [1.54, 1.807) is 11.3 Å². The lowest BCUT2D eigenvalue weighted by Gasteiger charge is -2.28. The Hall–Kier alpha value is -4.57.